The van der Waals surface area contributed by atoms with E-state index in [9.17, 15) is 9.59 Å². The van der Waals surface area contributed by atoms with Crippen molar-refractivity contribution >= 4 is 35.0 Å². The fraction of sp³-hybridized carbons (Fsp3) is 0.391. The third-order valence-electron chi connectivity index (χ3n) is 5.45. The van der Waals surface area contributed by atoms with Crippen LogP contribution in [-0.2, 0) is 4.79 Å². The van der Waals surface area contributed by atoms with E-state index in [1.165, 1.54) is 5.56 Å². The number of halogens is 2. The standard InChI is InChI=1S/C23H26Cl2N2O2/c1-2-5-21(26-22(28)19-6-3-4-7-20(19)25)23(29)27-14-12-17(13-15-27)16-8-10-18(24)11-9-16/h3-4,6-11,17,21H,2,5,12-15H2,1H3,(H,26,28). The zero-order valence-corrected chi connectivity index (χ0v) is 18.0. The van der Waals surface area contributed by atoms with Crippen molar-refractivity contribution in [3.8, 4) is 0 Å². The quantitative estimate of drug-likeness (QED) is 0.672. The summed E-state index contributed by atoms with van der Waals surface area (Å²) in [5, 5.41) is 4.01. The lowest BCUT2D eigenvalue weighted by Gasteiger charge is -2.34. The van der Waals surface area contributed by atoms with Crippen molar-refractivity contribution in [2.45, 2.75) is 44.6 Å². The Balaban J connectivity index is 1.61. The SMILES string of the molecule is CCCC(NC(=O)c1ccccc1Cl)C(=O)N1CCC(c2ccc(Cl)cc2)CC1. The zero-order valence-electron chi connectivity index (χ0n) is 16.5. The van der Waals surface area contributed by atoms with E-state index < -0.39 is 6.04 Å². The van der Waals surface area contributed by atoms with Crippen molar-refractivity contribution in [1.82, 2.24) is 10.2 Å². The normalized spacial score (nSPS) is 15.8. The van der Waals surface area contributed by atoms with Crippen molar-refractivity contribution in [2.24, 2.45) is 0 Å². The van der Waals surface area contributed by atoms with Crippen LogP contribution in [0.4, 0.5) is 0 Å². The Labute approximate surface area is 182 Å². The second-order valence-corrected chi connectivity index (χ2v) is 8.29. The average Bonchev–Trinajstić information content (AvgIpc) is 2.74. The van der Waals surface area contributed by atoms with Gasteiger partial charge in [0.15, 0.2) is 0 Å². The van der Waals surface area contributed by atoms with Crippen molar-refractivity contribution in [3.63, 3.8) is 0 Å². The summed E-state index contributed by atoms with van der Waals surface area (Å²) in [6.07, 6.45) is 3.22. The van der Waals surface area contributed by atoms with E-state index >= 15 is 0 Å². The number of hydrogen-bond acceptors (Lipinski definition) is 2. The lowest BCUT2D eigenvalue weighted by Crippen LogP contribution is -2.50. The van der Waals surface area contributed by atoms with E-state index in [2.05, 4.69) is 17.4 Å². The third kappa shape index (κ3) is 5.52. The van der Waals surface area contributed by atoms with E-state index in [-0.39, 0.29) is 11.8 Å². The molecule has 1 heterocycles. The van der Waals surface area contributed by atoms with Crippen LogP contribution in [0.15, 0.2) is 48.5 Å². The molecule has 4 nitrogen and oxygen atoms in total. The first kappa shape index (κ1) is 21.7. The van der Waals surface area contributed by atoms with E-state index in [4.69, 9.17) is 23.2 Å². The molecule has 1 N–H and O–H groups in total. The fourth-order valence-corrected chi connectivity index (χ4v) is 4.16. The highest BCUT2D eigenvalue weighted by Gasteiger charge is 2.29. The molecule has 0 spiro atoms. The molecule has 6 heteroatoms. The highest BCUT2D eigenvalue weighted by atomic mass is 35.5. The van der Waals surface area contributed by atoms with Crippen LogP contribution in [0, 0.1) is 0 Å². The highest BCUT2D eigenvalue weighted by molar-refractivity contribution is 6.33. The van der Waals surface area contributed by atoms with Crippen molar-refractivity contribution in [2.75, 3.05) is 13.1 Å². The number of benzene rings is 2. The first-order valence-electron chi connectivity index (χ1n) is 10.1. The molecule has 0 aromatic heterocycles. The van der Waals surface area contributed by atoms with Crippen LogP contribution >= 0.6 is 23.2 Å². The summed E-state index contributed by atoms with van der Waals surface area (Å²) in [5.74, 6) is 0.110. The molecule has 0 saturated carbocycles. The van der Waals surface area contributed by atoms with Gasteiger partial charge in [-0.25, -0.2) is 0 Å². The summed E-state index contributed by atoms with van der Waals surface area (Å²) in [5.41, 5.74) is 1.66. The van der Waals surface area contributed by atoms with E-state index in [1.54, 1.807) is 24.3 Å². The van der Waals surface area contributed by atoms with Crippen LogP contribution in [0.25, 0.3) is 0 Å². The predicted octanol–water partition coefficient (Wildman–Crippen LogP) is 5.30. The van der Waals surface area contributed by atoms with Crippen molar-refractivity contribution in [3.05, 3.63) is 69.7 Å². The Kier molecular flexibility index (Phi) is 7.57. The summed E-state index contributed by atoms with van der Waals surface area (Å²) in [7, 11) is 0. The molecule has 1 saturated heterocycles. The molecule has 1 unspecified atom stereocenters. The van der Waals surface area contributed by atoms with Gasteiger partial charge in [0.1, 0.15) is 6.04 Å². The van der Waals surface area contributed by atoms with Crippen molar-refractivity contribution in [1.29, 1.82) is 0 Å². The average molecular weight is 433 g/mol. The monoisotopic (exact) mass is 432 g/mol. The van der Waals surface area contributed by atoms with Crippen LogP contribution in [0.1, 0.15) is 54.4 Å². The molecular formula is C23H26Cl2N2O2. The summed E-state index contributed by atoms with van der Waals surface area (Å²) in [6, 6.07) is 14.3. The summed E-state index contributed by atoms with van der Waals surface area (Å²) >= 11 is 12.1. The maximum atomic E-state index is 13.1. The summed E-state index contributed by atoms with van der Waals surface area (Å²) in [6.45, 7) is 3.39. The van der Waals surface area contributed by atoms with E-state index in [0.717, 1.165) is 24.3 Å². The summed E-state index contributed by atoms with van der Waals surface area (Å²) in [4.78, 5) is 27.6. The van der Waals surface area contributed by atoms with Gasteiger partial charge in [0.05, 0.1) is 10.6 Å². The van der Waals surface area contributed by atoms with Crippen LogP contribution < -0.4 is 5.32 Å². The molecule has 2 amide bonds. The predicted molar refractivity (Wildman–Crippen MR) is 118 cm³/mol. The van der Waals surface area contributed by atoms with Gasteiger partial charge in [0, 0.05) is 18.1 Å². The number of carbonyl (C=O) groups excluding carboxylic acids is 2. The van der Waals surface area contributed by atoms with Crippen LogP contribution in [-0.4, -0.2) is 35.8 Å². The van der Waals surface area contributed by atoms with Gasteiger partial charge < -0.3 is 10.2 Å². The molecule has 2 aromatic rings. The lowest BCUT2D eigenvalue weighted by molar-refractivity contribution is -0.134. The number of rotatable bonds is 6. The minimum atomic E-state index is -0.532. The van der Waals surface area contributed by atoms with Gasteiger partial charge in [0.2, 0.25) is 5.91 Å². The molecule has 0 bridgehead atoms. The Morgan fingerprint density at radius 2 is 1.72 bits per heavy atom. The van der Waals surface area contributed by atoms with Crippen LogP contribution in [0.2, 0.25) is 10.0 Å². The largest absolute Gasteiger partial charge is 0.341 e. The molecule has 3 rings (SSSR count). The molecule has 154 valence electrons. The van der Waals surface area contributed by atoms with Gasteiger partial charge >= 0.3 is 0 Å². The maximum Gasteiger partial charge on any atom is 0.253 e. The molecule has 0 radical (unpaired) electrons. The molecule has 1 fully saturated rings. The maximum absolute atomic E-state index is 13.1. The smallest absolute Gasteiger partial charge is 0.253 e. The topological polar surface area (TPSA) is 49.4 Å². The van der Waals surface area contributed by atoms with Gasteiger partial charge in [0.25, 0.3) is 5.91 Å². The second-order valence-electron chi connectivity index (χ2n) is 7.45. The molecule has 1 atom stereocenters. The van der Waals surface area contributed by atoms with E-state index in [0.29, 0.717) is 36.0 Å². The molecule has 2 aromatic carbocycles. The number of nitrogens with zero attached hydrogens (tertiary/aromatic N) is 1. The molecule has 29 heavy (non-hydrogen) atoms. The molecule has 1 aliphatic heterocycles. The second kappa shape index (κ2) is 10.1. The number of amides is 2. The lowest BCUT2D eigenvalue weighted by atomic mass is 9.89. The number of piperidine rings is 1. The molecule has 0 aliphatic carbocycles. The van der Waals surface area contributed by atoms with Crippen LogP contribution in [0.3, 0.4) is 0 Å². The Morgan fingerprint density at radius 1 is 1.07 bits per heavy atom. The Morgan fingerprint density at radius 3 is 2.34 bits per heavy atom. The Bertz CT molecular complexity index is 846. The number of likely N-dealkylation sites (tertiary alicyclic amines) is 1. The van der Waals surface area contributed by atoms with Gasteiger partial charge in [-0.3, -0.25) is 9.59 Å². The highest BCUT2D eigenvalue weighted by Crippen LogP contribution is 2.29. The molecular weight excluding hydrogens is 407 g/mol. The third-order valence-corrected chi connectivity index (χ3v) is 6.03. The van der Waals surface area contributed by atoms with Gasteiger partial charge in [-0.2, -0.15) is 0 Å². The number of hydrogen-bond donors (Lipinski definition) is 1. The first-order chi connectivity index (χ1) is 14.0. The first-order valence-corrected chi connectivity index (χ1v) is 10.8. The van der Waals surface area contributed by atoms with Gasteiger partial charge in [-0.05, 0) is 55.0 Å². The van der Waals surface area contributed by atoms with Gasteiger partial charge in [-0.1, -0.05) is 60.8 Å². The van der Waals surface area contributed by atoms with Gasteiger partial charge in [-0.15, -0.1) is 0 Å². The van der Waals surface area contributed by atoms with Crippen molar-refractivity contribution < 1.29 is 9.59 Å². The minimum absolute atomic E-state index is 0.0122. The minimum Gasteiger partial charge on any atom is -0.341 e. The number of nitrogens with one attached hydrogen (secondary N) is 1. The summed E-state index contributed by atoms with van der Waals surface area (Å²) < 4.78 is 0. The fourth-order valence-electron chi connectivity index (χ4n) is 3.82. The van der Waals surface area contributed by atoms with E-state index in [1.807, 2.05) is 24.0 Å². The zero-order chi connectivity index (χ0) is 20.8. The number of carbonyl (C=O) groups is 2. The molecule has 1 aliphatic rings. The van der Waals surface area contributed by atoms with Crippen LogP contribution in [0.5, 0.6) is 0 Å². The Hall–Kier alpha value is -2.04.